The molecule has 0 bridgehead atoms. The van der Waals surface area contributed by atoms with E-state index in [2.05, 4.69) is 0 Å². The number of carbonyl (C=O) groups excluding carboxylic acids is 1. The highest BCUT2D eigenvalue weighted by atomic mass is 35.5. The Kier molecular flexibility index (Phi) is 12.3. The fraction of sp³-hybridized carbons (Fsp3) is 0.359. The zero-order valence-electron chi connectivity index (χ0n) is 28.6. The Hall–Kier alpha value is -4.44. The first-order valence-electron chi connectivity index (χ1n) is 16.5. The van der Waals surface area contributed by atoms with Crippen molar-refractivity contribution in [2.45, 2.75) is 38.7 Å². The van der Waals surface area contributed by atoms with Crippen molar-refractivity contribution < 1.29 is 33.0 Å². The van der Waals surface area contributed by atoms with Crippen molar-refractivity contribution >= 4 is 40.0 Å². The highest BCUT2D eigenvalue weighted by Crippen LogP contribution is 2.42. The van der Waals surface area contributed by atoms with Gasteiger partial charge in [-0.25, -0.2) is 9.37 Å². The van der Waals surface area contributed by atoms with Crippen LogP contribution in [-0.4, -0.2) is 70.8 Å². The van der Waals surface area contributed by atoms with Crippen LogP contribution in [0.4, 0.5) is 5.69 Å². The average molecular weight is 688 g/mol. The Bertz CT molecular complexity index is 1950. The fourth-order valence-corrected chi connectivity index (χ4v) is 5.91. The molecule has 3 aromatic rings. The number of carbonyl (C=O) groups is 2. The summed E-state index contributed by atoms with van der Waals surface area (Å²) < 4.78 is 25.6. The summed E-state index contributed by atoms with van der Waals surface area (Å²) in [5.74, 6) is 1.83. The van der Waals surface area contributed by atoms with Gasteiger partial charge in [-0.1, -0.05) is 6.07 Å². The van der Waals surface area contributed by atoms with E-state index in [4.69, 9.17) is 29.9 Å². The Labute approximate surface area is 291 Å². The van der Waals surface area contributed by atoms with E-state index in [-0.39, 0.29) is 17.8 Å². The summed E-state index contributed by atoms with van der Waals surface area (Å²) in [5, 5.41) is 11.9. The number of unbranched alkanes of at least 4 members (excludes halogenated alkanes) is 1. The highest BCUT2D eigenvalue weighted by Gasteiger charge is 2.24. The minimum atomic E-state index is -1.07. The first-order valence-corrected chi connectivity index (χ1v) is 17.1. The van der Waals surface area contributed by atoms with Gasteiger partial charge in [-0.2, -0.15) is 0 Å². The molecule has 2 heterocycles. The molecule has 0 spiro atoms. The molecule has 10 heteroatoms. The number of furan rings is 1. The predicted molar refractivity (Wildman–Crippen MR) is 193 cm³/mol. The van der Waals surface area contributed by atoms with Crippen molar-refractivity contribution in [2.24, 2.45) is 0 Å². The number of ketones is 1. The van der Waals surface area contributed by atoms with Crippen LogP contribution in [0.5, 0.6) is 0 Å². The molecule has 1 aliphatic heterocycles. The van der Waals surface area contributed by atoms with Crippen LogP contribution in [0.1, 0.15) is 57.9 Å². The van der Waals surface area contributed by atoms with Crippen LogP contribution < -0.4 is 14.8 Å². The molecule has 2 aromatic carbocycles. The number of Topliss-reactive ketones (excluding diaryl/α,β-unsaturated/α-hetero) is 1. The molecule has 1 aromatic heterocycles. The number of fused-ring (bicyclic) bond motifs is 2. The lowest BCUT2D eigenvalue weighted by Gasteiger charge is -2.19. The van der Waals surface area contributed by atoms with Gasteiger partial charge in [0.1, 0.15) is 43.6 Å². The molecule has 258 valence electrons. The van der Waals surface area contributed by atoms with Gasteiger partial charge in [-0.05, 0) is 67.3 Å². The highest BCUT2D eigenvalue weighted by molar-refractivity contribution is 6.17. The lowest BCUT2D eigenvalue weighted by atomic mass is 9.88. The van der Waals surface area contributed by atoms with E-state index >= 15 is 0 Å². The second kappa shape index (κ2) is 16.8. The number of aryl methyl sites for hydroxylation is 1. The summed E-state index contributed by atoms with van der Waals surface area (Å²) in [6, 6.07) is 20.4. The molecular weight excluding hydrogens is 644 g/mol. The number of aromatic carboxylic acids is 1. The molecule has 0 saturated carbocycles. The lowest BCUT2D eigenvalue weighted by Crippen LogP contribution is -2.21. The van der Waals surface area contributed by atoms with Gasteiger partial charge < -0.3 is 28.3 Å². The topological polar surface area (TPSA) is 105 Å². The first-order chi connectivity index (χ1) is 23.7. The Morgan fingerprint density at radius 2 is 1.63 bits per heavy atom. The number of ether oxygens (including phenoxy) is 2. The Balaban J connectivity index is 1.28. The minimum Gasteiger partial charge on any atom is -0.478 e. The Morgan fingerprint density at radius 3 is 2.39 bits per heavy atom. The molecule has 0 amide bonds. The lowest BCUT2D eigenvalue weighted by molar-refractivity contribution is 0.0333. The average Bonchev–Trinajstić information content (AvgIpc) is 3.54. The number of anilines is 1. The molecule has 1 aliphatic carbocycles. The van der Waals surface area contributed by atoms with Gasteiger partial charge >= 0.3 is 5.97 Å². The first kappa shape index (κ1) is 35.9. The predicted octanol–water partition coefficient (Wildman–Crippen LogP) is 7.35. The van der Waals surface area contributed by atoms with Crippen molar-refractivity contribution in [3.8, 4) is 22.5 Å². The van der Waals surface area contributed by atoms with Crippen molar-refractivity contribution in [1.29, 1.82) is 0 Å². The zero-order chi connectivity index (χ0) is 34.9. The molecule has 9 nitrogen and oxygen atoms in total. The molecule has 49 heavy (non-hydrogen) atoms. The molecule has 0 unspecified atom stereocenters. The quantitative estimate of drug-likeness (QED) is 0.0356. The van der Waals surface area contributed by atoms with E-state index in [1.165, 1.54) is 6.07 Å². The van der Waals surface area contributed by atoms with Gasteiger partial charge in [0.25, 0.3) is 0 Å². The van der Waals surface area contributed by atoms with Crippen LogP contribution >= 0.6 is 11.6 Å². The largest absolute Gasteiger partial charge is 0.478 e. The third-order valence-corrected chi connectivity index (χ3v) is 8.66. The van der Waals surface area contributed by atoms with Crippen molar-refractivity contribution in [1.82, 2.24) is 4.58 Å². The number of hydrogen-bond donors (Lipinski definition) is 1. The second-order valence-electron chi connectivity index (χ2n) is 12.4. The van der Waals surface area contributed by atoms with Gasteiger partial charge in [0.05, 0.1) is 24.8 Å². The summed E-state index contributed by atoms with van der Waals surface area (Å²) >= 11 is 5.74. The SMILES string of the molecule is CN(C)c1ccc2c(-c3cc(C(=O)CCCOCCOCc4ccc(CCCCCl)o4)ccc3C(=O)O)c3ccc(=[N+](C)C)cc-3oc2c1. The van der Waals surface area contributed by atoms with E-state index in [9.17, 15) is 14.7 Å². The van der Waals surface area contributed by atoms with E-state index in [0.717, 1.165) is 52.8 Å². The van der Waals surface area contributed by atoms with Crippen molar-refractivity contribution in [3.05, 3.63) is 94.7 Å². The van der Waals surface area contributed by atoms with E-state index < -0.39 is 5.97 Å². The van der Waals surface area contributed by atoms with E-state index in [1.807, 2.05) is 86.2 Å². The number of nitrogens with zero attached hydrogens (tertiary/aromatic N) is 2. The Morgan fingerprint density at radius 1 is 0.837 bits per heavy atom. The maximum absolute atomic E-state index is 13.4. The summed E-state index contributed by atoms with van der Waals surface area (Å²) in [5.41, 5.74) is 4.05. The number of rotatable bonds is 17. The third kappa shape index (κ3) is 8.97. The summed E-state index contributed by atoms with van der Waals surface area (Å²) in [6.45, 7) is 1.59. The molecule has 0 saturated heterocycles. The molecule has 1 N–H and O–H groups in total. The second-order valence-corrected chi connectivity index (χ2v) is 12.8. The van der Waals surface area contributed by atoms with Gasteiger partial charge in [-0.3, -0.25) is 4.79 Å². The summed E-state index contributed by atoms with van der Waals surface area (Å²) in [6.07, 6.45) is 3.61. The smallest absolute Gasteiger partial charge is 0.336 e. The molecular formula is C39H44ClN2O7+. The van der Waals surface area contributed by atoms with Crippen molar-refractivity contribution in [3.63, 3.8) is 0 Å². The van der Waals surface area contributed by atoms with Crippen LogP contribution in [0, 0.1) is 0 Å². The number of carboxylic acids is 1. The fourth-order valence-electron chi connectivity index (χ4n) is 5.72. The summed E-state index contributed by atoms with van der Waals surface area (Å²) in [4.78, 5) is 27.9. The number of halogens is 1. The van der Waals surface area contributed by atoms with Crippen LogP contribution in [0.3, 0.4) is 0 Å². The number of carboxylic acid groups (broad SMARTS) is 1. The van der Waals surface area contributed by atoms with Crippen molar-refractivity contribution in [2.75, 3.05) is 58.8 Å². The van der Waals surface area contributed by atoms with Gasteiger partial charge in [0, 0.05) is 79.3 Å². The molecule has 0 fully saturated rings. The molecule has 0 atom stereocenters. The van der Waals surface area contributed by atoms with Crippen LogP contribution in [0.15, 0.2) is 75.6 Å². The maximum atomic E-state index is 13.4. The normalized spacial score (nSPS) is 11.4. The van der Waals surface area contributed by atoms with E-state index in [0.29, 0.717) is 66.8 Å². The maximum Gasteiger partial charge on any atom is 0.336 e. The zero-order valence-corrected chi connectivity index (χ0v) is 29.3. The summed E-state index contributed by atoms with van der Waals surface area (Å²) in [7, 11) is 7.81. The monoisotopic (exact) mass is 687 g/mol. The van der Waals surface area contributed by atoms with Crippen LogP contribution in [0.2, 0.25) is 0 Å². The molecule has 2 aliphatic rings. The van der Waals surface area contributed by atoms with Gasteiger partial charge in [0.2, 0.25) is 5.36 Å². The third-order valence-electron chi connectivity index (χ3n) is 8.40. The molecule has 0 radical (unpaired) electrons. The number of hydrogen-bond acceptors (Lipinski definition) is 7. The van der Waals surface area contributed by atoms with Gasteiger partial charge in [0.15, 0.2) is 5.78 Å². The standard InChI is InChI=1S/C39H43ClN2O7/c1-41(2)27-11-16-32-36(23-27)49-37-24-28(42(3)4)12-17-33(37)38(32)34-22-26(10-15-31(34)39(44)45)35(43)9-7-19-46-20-21-47-25-30-14-13-29(48-30)8-5-6-18-40/h10-17,22-24H,5-9,18-21,25H2,1-4H3/p+1. The minimum absolute atomic E-state index is 0.0864. The van der Waals surface area contributed by atoms with E-state index in [1.54, 1.807) is 12.1 Å². The van der Waals surface area contributed by atoms with Crippen LogP contribution in [-0.2, 0) is 22.5 Å². The number of benzene rings is 3. The van der Waals surface area contributed by atoms with Crippen LogP contribution in [0.25, 0.3) is 33.4 Å². The van der Waals surface area contributed by atoms with Gasteiger partial charge in [-0.15, -0.1) is 11.6 Å². The number of alkyl halides is 1. The molecule has 5 rings (SSSR count).